The smallest absolute Gasteiger partial charge is 0.280 e. The van der Waals surface area contributed by atoms with Crippen LogP contribution in [0.15, 0.2) is 21.4 Å². The van der Waals surface area contributed by atoms with Gasteiger partial charge in [0.15, 0.2) is 16.3 Å². The number of rotatable bonds is 4. The van der Waals surface area contributed by atoms with Crippen molar-refractivity contribution in [1.82, 2.24) is 39.6 Å². The Hall–Kier alpha value is -2.84. The van der Waals surface area contributed by atoms with E-state index in [1.165, 1.54) is 22.7 Å². The van der Waals surface area contributed by atoms with Crippen LogP contribution >= 0.6 is 11.8 Å². The van der Waals surface area contributed by atoms with Gasteiger partial charge in [0, 0.05) is 33.2 Å². The zero-order valence-electron chi connectivity index (χ0n) is 15.1. The van der Waals surface area contributed by atoms with Gasteiger partial charge in [-0.2, -0.15) is 4.98 Å². The molecule has 3 aromatic heterocycles. The van der Waals surface area contributed by atoms with E-state index in [-0.39, 0.29) is 5.56 Å². The molecule has 0 spiro atoms. The van der Waals surface area contributed by atoms with Crippen LogP contribution in [0.1, 0.15) is 6.92 Å². The highest BCUT2D eigenvalue weighted by atomic mass is 32.2. The molecular weight excluding hydrogens is 366 g/mol. The molecular formula is C16H19N9OS. The van der Waals surface area contributed by atoms with Crippen molar-refractivity contribution in [3.05, 3.63) is 16.7 Å². The summed E-state index contributed by atoms with van der Waals surface area (Å²) >= 11 is 1.22. The fourth-order valence-corrected chi connectivity index (χ4v) is 3.68. The lowest BCUT2D eigenvalue weighted by Crippen LogP contribution is -2.44. The normalized spacial score (nSPS) is 14.4. The Kier molecular flexibility index (Phi) is 4.83. The van der Waals surface area contributed by atoms with Crippen molar-refractivity contribution in [3.63, 3.8) is 0 Å². The third kappa shape index (κ3) is 3.29. The Balaban J connectivity index is 1.86. The number of anilines is 1. The summed E-state index contributed by atoms with van der Waals surface area (Å²) in [6.07, 6.45) is 1.49. The molecule has 140 valence electrons. The van der Waals surface area contributed by atoms with Crippen LogP contribution in [-0.4, -0.2) is 60.5 Å². The van der Waals surface area contributed by atoms with E-state index in [1.807, 2.05) is 4.57 Å². The number of nitrogens with zero attached hydrogens (tertiary/aromatic N) is 7. The van der Waals surface area contributed by atoms with Gasteiger partial charge < -0.3 is 10.2 Å². The third-order valence-electron chi connectivity index (χ3n) is 4.31. The molecule has 0 aliphatic carbocycles. The lowest BCUT2D eigenvalue weighted by atomic mass is 10.4. The van der Waals surface area contributed by atoms with E-state index in [0.717, 1.165) is 32.1 Å². The Labute approximate surface area is 159 Å². The molecule has 2 N–H and O–H groups in total. The number of H-pyrrole nitrogens is 1. The molecule has 0 saturated carbocycles. The number of hydrogen-bond acceptors (Lipinski definition) is 8. The average Bonchev–Trinajstić information content (AvgIpc) is 3.32. The predicted molar refractivity (Wildman–Crippen MR) is 102 cm³/mol. The standard InChI is InChI=1S/C16H19N9OS/c1-3-4-7-25-11-12(20-15(25)24-8-5-17-6-9-24)21-16(23(2)13(11)26)27-14-18-10-19-22-14/h10,17H,5-9H2,1-2H3,(H,18,19,22). The third-order valence-corrected chi connectivity index (χ3v) is 5.24. The largest absolute Gasteiger partial charge is 0.340 e. The Morgan fingerprint density at radius 2 is 2.11 bits per heavy atom. The molecule has 11 heteroatoms. The van der Waals surface area contributed by atoms with Gasteiger partial charge in [-0.3, -0.25) is 19.0 Å². The molecule has 0 radical (unpaired) electrons. The second-order valence-electron chi connectivity index (χ2n) is 5.98. The first-order valence-electron chi connectivity index (χ1n) is 8.55. The van der Waals surface area contributed by atoms with Crippen LogP contribution in [0.3, 0.4) is 0 Å². The van der Waals surface area contributed by atoms with Gasteiger partial charge in [0.2, 0.25) is 11.1 Å². The van der Waals surface area contributed by atoms with E-state index in [0.29, 0.717) is 28.0 Å². The molecule has 10 nitrogen and oxygen atoms in total. The fraction of sp³-hybridized carbons (Fsp3) is 0.438. The van der Waals surface area contributed by atoms with Crippen LogP contribution in [0, 0.1) is 11.8 Å². The van der Waals surface area contributed by atoms with Crippen molar-refractivity contribution in [2.24, 2.45) is 7.05 Å². The van der Waals surface area contributed by atoms with Gasteiger partial charge in [0.1, 0.15) is 6.33 Å². The van der Waals surface area contributed by atoms with Crippen molar-refractivity contribution in [2.45, 2.75) is 23.8 Å². The van der Waals surface area contributed by atoms with E-state index in [1.54, 1.807) is 14.0 Å². The minimum Gasteiger partial charge on any atom is -0.340 e. The van der Waals surface area contributed by atoms with Crippen LogP contribution in [0.5, 0.6) is 0 Å². The summed E-state index contributed by atoms with van der Waals surface area (Å²) < 4.78 is 3.37. The Morgan fingerprint density at radius 1 is 1.30 bits per heavy atom. The van der Waals surface area contributed by atoms with Gasteiger partial charge in [-0.15, -0.1) is 11.0 Å². The van der Waals surface area contributed by atoms with Crippen molar-refractivity contribution in [1.29, 1.82) is 0 Å². The second-order valence-corrected chi connectivity index (χ2v) is 6.91. The van der Waals surface area contributed by atoms with E-state index in [9.17, 15) is 4.79 Å². The van der Waals surface area contributed by atoms with Gasteiger partial charge in [0.05, 0.1) is 6.54 Å². The van der Waals surface area contributed by atoms with Crippen molar-refractivity contribution in [3.8, 4) is 11.8 Å². The highest BCUT2D eigenvalue weighted by Crippen LogP contribution is 2.25. The van der Waals surface area contributed by atoms with E-state index >= 15 is 0 Å². The van der Waals surface area contributed by atoms with Gasteiger partial charge in [0.25, 0.3) is 5.56 Å². The lowest BCUT2D eigenvalue weighted by molar-refractivity contribution is 0.573. The molecule has 4 heterocycles. The maximum Gasteiger partial charge on any atom is 0.280 e. The predicted octanol–water partition coefficient (Wildman–Crippen LogP) is -0.168. The number of imidazole rings is 1. The molecule has 27 heavy (non-hydrogen) atoms. The van der Waals surface area contributed by atoms with E-state index in [2.05, 4.69) is 47.2 Å². The van der Waals surface area contributed by atoms with Gasteiger partial charge in [-0.25, -0.2) is 9.97 Å². The monoisotopic (exact) mass is 385 g/mol. The van der Waals surface area contributed by atoms with Crippen molar-refractivity contribution >= 4 is 28.9 Å². The molecule has 0 atom stereocenters. The van der Waals surface area contributed by atoms with Crippen LogP contribution in [0.4, 0.5) is 5.95 Å². The van der Waals surface area contributed by atoms with E-state index in [4.69, 9.17) is 0 Å². The SMILES string of the molecule is CC#CCn1c(N2CCNCC2)nc2nc(Sc3nc[nH]n3)n(C)c(=O)c21. The molecule has 1 saturated heterocycles. The number of piperazine rings is 1. The maximum absolute atomic E-state index is 13.1. The summed E-state index contributed by atoms with van der Waals surface area (Å²) in [5.74, 6) is 6.67. The topological polar surface area (TPSA) is 110 Å². The highest BCUT2D eigenvalue weighted by Gasteiger charge is 2.23. The minimum atomic E-state index is -0.162. The first-order valence-corrected chi connectivity index (χ1v) is 9.37. The van der Waals surface area contributed by atoms with Crippen LogP contribution in [0.25, 0.3) is 11.2 Å². The van der Waals surface area contributed by atoms with Gasteiger partial charge >= 0.3 is 0 Å². The molecule has 0 bridgehead atoms. The molecule has 0 amide bonds. The van der Waals surface area contributed by atoms with E-state index < -0.39 is 0 Å². The molecule has 3 aromatic rings. The van der Waals surface area contributed by atoms with Crippen LogP contribution in [-0.2, 0) is 13.6 Å². The molecule has 1 fully saturated rings. The number of aromatic amines is 1. The summed E-state index contributed by atoms with van der Waals surface area (Å²) in [6.45, 7) is 5.58. The summed E-state index contributed by atoms with van der Waals surface area (Å²) in [6, 6.07) is 0. The first-order chi connectivity index (χ1) is 13.2. The number of hydrogen-bond donors (Lipinski definition) is 2. The molecule has 0 unspecified atom stereocenters. The molecule has 4 rings (SSSR count). The minimum absolute atomic E-state index is 0.162. The summed E-state index contributed by atoms with van der Waals surface area (Å²) in [4.78, 5) is 28.6. The molecule has 1 aliphatic rings. The second kappa shape index (κ2) is 7.42. The number of fused-ring (bicyclic) bond motifs is 1. The van der Waals surface area contributed by atoms with Gasteiger partial charge in [-0.1, -0.05) is 5.92 Å². The van der Waals surface area contributed by atoms with Crippen LogP contribution < -0.4 is 15.8 Å². The fourth-order valence-electron chi connectivity index (χ4n) is 2.96. The lowest BCUT2D eigenvalue weighted by Gasteiger charge is -2.28. The molecule has 0 aromatic carbocycles. The summed E-state index contributed by atoms with van der Waals surface area (Å²) in [5.41, 5.74) is 0.723. The number of nitrogens with one attached hydrogen (secondary N) is 2. The Morgan fingerprint density at radius 3 is 2.81 bits per heavy atom. The first kappa shape index (κ1) is 17.6. The zero-order chi connectivity index (χ0) is 18.8. The number of aromatic nitrogens is 7. The van der Waals surface area contributed by atoms with Crippen molar-refractivity contribution < 1.29 is 0 Å². The molecule has 1 aliphatic heterocycles. The summed E-state index contributed by atoms with van der Waals surface area (Å²) in [7, 11) is 1.69. The van der Waals surface area contributed by atoms with Crippen LogP contribution in [0.2, 0.25) is 0 Å². The quantitative estimate of drug-likeness (QED) is 0.471. The zero-order valence-corrected chi connectivity index (χ0v) is 15.9. The van der Waals surface area contributed by atoms with Crippen molar-refractivity contribution in [2.75, 3.05) is 31.1 Å². The highest BCUT2D eigenvalue weighted by molar-refractivity contribution is 7.99. The summed E-state index contributed by atoms with van der Waals surface area (Å²) in [5, 5.41) is 11.0. The maximum atomic E-state index is 13.1. The Bertz CT molecular complexity index is 1070. The van der Waals surface area contributed by atoms with Gasteiger partial charge in [-0.05, 0) is 18.7 Å². The average molecular weight is 385 g/mol.